The molecule has 0 spiro atoms. The highest BCUT2D eigenvalue weighted by atomic mass is 35.5. The standard InChI is InChI=1S/C16H18ClFN2/c1-10-4-3-5-11(2)16(10)15(20-19)8-12-6-7-13(17)9-14(12)18/h3-7,9,15,20H,8,19H2,1-2H3. The summed E-state index contributed by atoms with van der Waals surface area (Å²) in [4.78, 5) is 0. The monoisotopic (exact) mass is 292 g/mol. The van der Waals surface area contributed by atoms with E-state index in [1.165, 1.54) is 6.07 Å². The van der Waals surface area contributed by atoms with Crippen molar-refractivity contribution in [1.29, 1.82) is 0 Å². The van der Waals surface area contributed by atoms with Gasteiger partial charge in [-0.25, -0.2) is 4.39 Å². The fourth-order valence-corrected chi connectivity index (χ4v) is 2.69. The van der Waals surface area contributed by atoms with E-state index in [2.05, 4.69) is 5.43 Å². The largest absolute Gasteiger partial charge is 0.271 e. The van der Waals surface area contributed by atoms with Gasteiger partial charge in [0, 0.05) is 5.02 Å². The molecule has 1 unspecified atom stereocenters. The molecule has 106 valence electrons. The summed E-state index contributed by atoms with van der Waals surface area (Å²) < 4.78 is 13.9. The molecule has 2 nitrogen and oxygen atoms in total. The summed E-state index contributed by atoms with van der Waals surface area (Å²) in [5.41, 5.74) is 6.79. The average Bonchev–Trinajstić information content (AvgIpc) is 2.39. The second-order valence-electron chi connectivity index (χ2n) is 4.96. The van der Waals surface area contributed by atoms with Crippen LogP contribution in [0.2, 0.25) is 5.02 Å². The molecule has 0 aromatic heterocycles. The minimum atomic E-state index is -0.302. The van der Waals surface area contributed by atoms with E-state index in [9.17, 15) is 4.39 Å². The lowest BCUT2D eigenvalue weighted by molar-refractivity contribution is 0.525. The zero-order valence-corrected chi connectivity index (χ0v) is 12.3. The van der Waals surface area contributed by atoms with Crippen molar-refractivity contribution in [2.75, 3.05) is 0 Å². The highest BCUT2D eigenvalue weighted by Crippen LogP contribution is 2.26. The van der Waals surface area contributed by atoms with Crippen LogP contribution in [0.5, 0.6) is 0 Å². The summed E-state index contributed by atoms with van der Waals surface area (Å²) in [6.07, 6.45) is 0.477. The number of nitrogens with two attached hydrogens (primary N) is 1. The van der Waals surface area contributed by atoms with Crippen molar-refractivity contribution in [3.05, 3.63) is 69.5 Å². The molecule has 2 aromatic carbocycles. The number of halogens is 2. The van der Waals surface area contributed by atoms with Gasteiger partial charge in [-0.05, 0) is 54.7 Å². The first kappa shape index (κ1) is 15.0. The quantitative estimate of drug-likeness (QED) is 0.664. The number of hydrogen-bond acceptors (Lipinski definition) is 2. The Kier molecular flexibility index (Phi) is 4.76. The molecule has 0 saturated heterocycles. The molecule has 1 atom stereocenters. The second kappa shape index (κ2) is 6.35. The van der Waals surface area contributed by atoms with Crippen molar-refractivity contribution in [2.45, 2.75) is 26.3 Å². The van der Waals surface area contributed by atoms with Crippen LogP contribution in [0.15, 0.2) is 36.4 Å². The van der Waals surface area contributed by atoms with Crippen molar-refractivity contribution in [3.8, 4) is 0 Å². The van der Waals surface area contributed by atoms with E-state index in [0.29, 0.717) is 17.0 Å². The number of hydrogen-bond donors (Lipinski definition) is 2. The Morgan fingerprint density at radius 3 is 2.40 bits per heavy atom. The van der Waals surface area contributed by atoms with Gasteiger partial charge in [-0.1, -0.05) is 35.9 Å². The van der Waals surface area contributed by atoms with Gasteiger partial charge in [0.05, 0.1) is 6.04 Å². The molecular weight excluding hydrogens is 275 g/mol. The Hall–Kier alpha value is -1.42. The summed E-state index contributed by atoms with van der Waals surface area (Å²) in [7, 11) is 0. The number of benzene rings is 2. The predicted octanol–water partition coefficient (Wildman–Crippen LogP) is 3.84. The zero-order valence-electron chi connectivity index (χ0n) is 11.6. The summed E-state index contributed by atoms with van der Waals surface area (Å²) >= 11 is 5.77. The smallest absolute Gasteiger partial charge is 0.127 e. The Morgan fingerprint density at radius 1 is 1.20 bits per heavy atom. The molecule has 20 heavy (non-hydrogen) atoms. The molecule has 4 heteroatoms. The van der Waals surface area contributed by atoms with Crippen molar-refractivity contribution in [1.82, 2.24) is 5.43 Å². The number of rotatable bonds is 4. The third-order valence-corrected chi connectivity index (χ3v) is 3.77. The van der Waals surface area contributed by atoms with E-state index in [0.717, 1.165) is 16.7 Å². The number of hydrazine groups is 1. The first-order valence-electron chi connectivity index (χ1n) is 6.49. The van der Waals surface area contributed by atoms with Gasteiger partial charge < -0.3 is 0 Å². The second-order valence-corrected chi connectivity index (χ2v) is 5.40. The van der Waals surface area contributed by atoms with Crippen LogP contribution in [0, 0.1) is 19.7 Å². The van der Waals surface area contributed by atoms with Crippen LogP contribution in [0.3, 0.4) is 0 Å². The maximum Gasteiger partial charge on any atom is 0.127 e. The van der Waals surface area contributed by atoms with Crippen LogP contribution < -0.4 is 11.3 Å². The van der Waals surface area contributed by atoms with Gasteiger partial charge in [-0.15, -0.1) is 0 Å². The summed E-state index contributed by atoms with van der Waals surface area (Å²) in [6, 6.07) is 10.7. The van der Waals surface area contributed by atoms with Crippen LogP contribution in [-0.4, -0.2) is 0 Å². The molecule has 0 fully saturated rings. The van der Waals surface area contributed by atoms with Crippen LogP contribution in [0.4, 0.5) is 4.39 Å². The van der Waals surface area contributed by atoms with Crippen molar-refractivity contribution in [2.24, 2.45) is 5.84 Å². The SMILES string of the molecule is Cc1cccc(C)c1C(Cc1ccc(Cl)cc1F)NN. The zero-order chi connectivity index (χ0) is 14.7. The molecular formula is C16H18ClFN2. The maximum absolute atomic E-state index is 13.9. The minimum absolute atomic E-state index is 0.133. The fraction of sp³-hybridized carbons (Fsp3) is 0.250. The molecule has 0 heterocycles. The highest BCUT2D eigenvalue weighted by molar-refractivity contribution is 6.30. The van der Waals surface area contributed by atoms with E-state index in [4.69, 9.17) is 17.4 Å². The minimum Gasteiger partial charge on any atom is -0.271 e. The van der Waals surface area contributed by atoms with Crippen molar-refractivity contribution < 1.29 is 4.39 Å². The van der Waals surface area contributed by atoms with Gasteiger partial charge in [-0.2, -0.15) is 0 Å². The van der Waals surface area contributed by atoms with Crippen molar-refractivity contribution in [3.63, 3.8) is 0 Å². The molecule has 0 amide bonds. The number of nitrogens with one attached hydrogen (secondary N) is 1. The van der Waals surface area contributed by atoms with Gasteiger partial charge >= 0.3 is 0 Å². The molecule has 0 aliphatic heterocycles. The van der Waals surface area contributed by atoms with E-state index < -0.39 is 0 Å². The lowest BCUT2D eigenvalue weighted by Gasteiger charge is -2.21. The molecule has 0 aliphatic carbocycles. The molecule has 2 aromatic rings. The summed E-state index contributed by atoms with van der Waals surface area (Å²) in [5, 5.41) is 0.399. The van der Waals surface area contributed by atoms with Gasteiger partial charge in [0.2, 0.25) is 0 Å². The fourth-order valence-electron chi connectivity index (χ4n) is 2.53. The normalized spacial score (nSPS) is 12.4. The summed E-state index contributed by atoms with van der Waals surface area (Å²) in [6.45, 7) is 4.07. The van der Waals surface area contributed by atoms with Crippen LogP contribution in [0.25, 0.3) is 0 Å². The highest BCUT2D eigenvalue weighted by Gasteiger charge is 2.17. The van der Waals surface area contributed by atoms with Gasteiger partial charge in [0.1, 0.15) is 5.82 Å². The van der Waals surface area contributed by atoms with Crippen LogP contribution in [0.1, 0.15) is 28.3 Å². The first-order valence-corrected chi connectivity index (χ1v) is 6.87. The lowest BCUT2D eigenvalue weighted by atomic mass is 9.92. The topological polar surface area (TPSA) is 38.0 Å². The molecule has 0 saturated carbocycles. The molecule has 0 aliphatic rings. The van der Waals surface area contributed by atoms with E-state index >= 15 is 0 Å². The van der Waals surface area contributed by atoms with Gasteiger partial charge in [0.25, 0.3) is 0 Å². The van der Waals surface area contributed by atoms with E-state index in [1.54, 1.807) is 12.1 Å². The Morgan fingerprint density at radius 2 is 1.85 bits per heavy atom. The first-order chi connectivity index (χ1) is 9.52. The van der Waals surface area contributed by atoms with Crippen LogP contribution in [-0.2, 0) is 6.42 Å². The van der Waals surface area contributed by atoms with Gasteiger partial charge in [0.15, 0.2) is 0 Å². The molecule has 2 rings (SSSR count). The predicted molar refractivity (Wildman–Crippen MR) is 81.1 cm³/mol. The van der Waals surface area contributed by atoms with E-state index in [-0.39, 0.29) is 11.9 Å². The number of aryl methyl sites for hydroxylation is 2. The molecule has 0 bridgehead atoms. The van der Waals surface area contributed by atoms with E-state index in [1.807, 2.05) is 32.0 Å². The Bertz CT molecular complexity index is 593. The third kappa shape index (κ3) is 3.18. The van der Waals surface area contributed by atoms with Crippen molar-refractivity contribution >= 4 is 11.6 Å². The average molecular weight is 293 g/mol. The van der Waals surface area contributed by atoms with Crippen LogP contribution >= 0.6 is 11.6 Å². The summed E-state index contributed by atoms with van der Waals surface area (Å²) in [5.74, 6) is 5.37. The van der Waals surface area contributed by atoms with Gasteiger partial charge in [-0.3, -0.25) is 11.3 Å². The Balaban J connectivity index is 2.34. The lowest BCUT2D eigenvalue weighted by Crippen LogP contribution is -2.31. The Labute approximate surface area is 123 Å². The molecule has 3 N–H and O–H groups in total. The third-order valence-electron chi connectivity index (χ3n) is 3.53. The molecule has 0 radical (unpaired) electrons. The maximum atomic E-state index is 13.9.